The van der Waals surface area contributed by atoms with Crippen molar-refractivity contribution in [3.05, 3.63) is 33.9 Å². The van der Waals surface area contributed by atoms with Crippen molar-refractivity contribution < 1.29 is 27.6 Å². The lowest BCUT2D eigenvalue weighted by Gasteiger charge is -2.35. The summed E-state index contributed by atoms with van der Waals surface area (Å²) in [6.07, 6.45) is -4.52. The van der Waals surface area contributed by atoms with Gasteiger partial charge in [0, 0.05) is 44.9 Å². The summed E-state index contributed by atoms with van der Waals surface area (Å²) in [4.78, 5) is 23.7. The first-order valence-corrected chi connectivity index (χ1v) is 7.86. The fourth-order valence-corrected chi connectivity index (χ4v) is 2.72. The number of alkyl halides is 3. The molecule has 2 rings (SSSR count). The predicted molar refractivity (Wildman–Crippen MR) is 86.3 cm³/mol. The Hall–Kier alpha value is -2.40. The Morgan fingerprint density at radius 2 is 2.08 bits per heavy atom. The van der Waals surface area contributed by atoms with Crippen molar-refractivity contribution in [1.82, 2.24) is 15.5 Å². The number of carbonyl (C=O) groups excluding carboxylic acids is 1. The Morgan fingerprint density at radius 1 is 1.42 bits per heavy atom. The quantitative estimate of drug-likeness (QED) is 0.572. The van der Waals surface area contributed by atoms with Crippen LogP contribution < -0.4 is 15.4 Å². The maximum absolute atomic E-state index is 13.3. The van der Waals surface area contributed by atoms with E-state index in [1.807, 2.05) is 0 Å². The molecular formula is C15H19F3N4O4. The molecule has 0 radical (unpaired) electrons. The SMILES string of the molecule is COc1ccc([N+](=O)[O-])cc1C(=O)NCC(N1CCNCC1)C(F)(F)F. The molecular weight excluding hydrogens is 357 g/mol. The molecule has 0 saturated carbocycles. The molecule has 0 bridgehead atoms. The van der Waals surface area contributed by atoms with E-state index in [9.17, 15) is 28.1 Å². The first-order chi connectivity index (χ1) is 12.2. The Balaban J connectivity index is 2.14. The van der Waals surface area contributed by atoms with Gasteiger partial charge in [0.1, 0.15) is 11.8 Å². The van der Waals surface area contributed by atoms with E-state index in [4.69, 9.17) is 4.74 Å². The van der Waals surface area contributed by atoms with Crippen LogP contribution in [0, 0.1) is 10.1 Å². The molecule has 144 valence electrons. The number of piperazine rings is 1. The van der Waals surface area contributed by atoms with Crippen molar-refractivity contribution in [2.24, 2.45) is 0 Å². The number of hydrogen-bond acceptors (Lipinski definition) is 6. The molecule has 26 heavy (non-hydrogen) atoms. The van der Waals surface area contributed by atoms with Crippen LogP contribution in [0.4, 0.5) is 18.9 Å². The summed E-state index contributed by atoms with van der Waals surface area (Å²) in [6.45, 7) is 0.618. The Labute approximate surface area is 147 Å². The fourth-order valence-electron chi connectivity index (χ4n) is 2.72. The molecule has 1 amide bonds. The second kappa shape index (κ2) is 8.32. The van der Waals surface area contributed by atoms with E-state index in [0.717, 1.165) is 12.1 Å². The first kappa shape index (κ1) is 19.9. The molecule has 0 aromatic heterocycles. The van der Waals surface area contributed by atoms with Crippen LogP contribution >= 0.6 is 0 Å². The van der Waals surface area contributed by atoms with Crippen molar-refractivity contribution in [3.8, 4) is 5.75 Å². The van der Waals surface area contributed by atoms with Gasteiger partial charge < -0.3 is 15.4 Å². The normalized spacial score (nSPS) is 16.8. The molecule has 8 nitrogen and oxygen atoms in total. The number of ether oxygens (including phenoxy) is 1. The van der Waals surface area contributed by atoms with Crippen molar-refractivity contribution in [2.45, 2.75) is 12.2 Å². The van der Waals surface area contributed by atoms with Crippen LogP contribution in [-0.4, -0.2) is 67.8 Å². The minimum Gasteiger partial charge on any atom is -0.496 e. The van der Waals surface area contributed by atoms with Gasteiger partial charge in [0.2, 0.25) is 0 Å². The minimum absolute atomic E-state index is 0.0406. The second-order valence-electron chi connectivity index (χ2n) is 5.70. The minimum atomic E-state index is -4.52. The zero-order valence-electron chi connectivity index (χ0n) is 14.0. The van der Waals surface area contributed by atoms with Gasteiger partial charge in [0.15, 0.2) is 0 Å². The number of nitro groups is 1. The molecule has 1 aliphatic heterocycles. The van der Waals surface area contributed by atoms with Gasteiger partial charge in [-0.2, -0.15) is 13.2 Å². The van der Waals surface area contributed by atoms with Gasteiger partial charge in [0.05, 0.1) is 17.6 Å². The van der Waals surface area contributed by atoms with Crippen molar-refractivity contribution in [3.63, 3.8) is 0 Å². The van der Waals surface area contributed by atoms with Crippen molar-refractivity contribution in [2.75, 3.05) is 39.8 Å². The topological polar surface area (TPSA) is 96.7 Å². The number of nitrogens with zero attached hydrogens (tertiary/aromatic N) is 2. The molecule has 0 aliphatic carbocycles. The average molecular weight is 376 g/mol. The van der Waals surface area contributed by atoms with Crippen molar-refractivity contribution >= 4 is 11.6 Å². The zero-order valence-corrected chi connectivity index (χ0v) is 14.0. The molecule has 1 aromatic carbocycles. The summed E-state index contributed by atoms with van der Waals surface area (Å²) >= 11 is 0. The molecule has 1 heterocycles. The highest BCUT2D eigenvalue weighted by Crippen LogP contribution is 2.26. The number of halogens is 3. The van der Waals surface area contributed by atoms with Gasteiger partial charge in [-0.05, 0) is 6.07 Å². The molecule has 2 N–H and O–H groups in total. The number of nitro benzene ring substituents is 1. The Morgan fingerprint density at radius 3 is 2.62 bits per heavy atom. The van der Waals surface area contributed by atoms with Gasteiger partial charge in [-0.1, -0.05) is 0 Å². The molecule has 11 heteroatoms. The van der Waals surface area contributed by atoms with Crippen LogP contribution in [0.3, 0.4) is 0 Å². The number of hydrogen-bond donors (Lipinski definition) is 2. The van der Waals surface area contributed by atoms with Crippen LogP contribution in [0.25, 0.3) is 0 Å². The highest BCUT2D eigenvalue weighted by molar-refractivity contribution is 5.97. The number of amides is 1. The summed E-state index contributed by atoms with van der Waals surface area (Å²) in [5, 5.41) is 16.0. The van der Waals surface area contributed by atoms with E-state index in [2.05, 4.69) is 10.6 Å². The zero-order chi connectivity index (χ0) is 19.3. The van der Waals surface area contributed by atoms with Crippen LogP contribution in [0.1, 0.15) is 10.4 Å². The van der Waals surface area contributed by atoms with Crippen LogP contribution in [-0.2, 0) is 0 Å². The largest absolute Gasteiger partial charge is 0.496 e. The predicted octanol–water partition coefficient (Wildman–Crippen LogP) is 1.17. The Kier molecular flexibility index (Phi) is 6.37. The number of rotatable bonds is 6. The third-order valence-corrected chi connectivity index (χ3v) is 4.06. The summed E-state index contributed by atoms with van der Waals surface area (Å²) in [5.74, 6) is -0.825. The summed E-state index contributed by atoms with van der Waals surface area (Å²) in [5.41, 5.74) is -0.548. The molecule has 1 saturated heterocycles. The summed E-state index contributed by atoms with van der Waals surface area (Å²) in [6, 6.07) is 1.51. The highest BCUT2D eigenvalue weighted by atomic mass is 19.4. The van der Waals surface area contributed by atoms with E-state index >= 15 is 0 Å². The van der Waals surface area contributed by atoms with Crippen molar-refractivity contribution in [1.29, 1.82) is 0 Å². The highest BCUT2D eigenvalue weighted by Gasteiger charge is 2.43. The molecule has 1 fully saturated rings. The second-order valence-corrected chi connectivity index (χ2v) is 5.70. The van der Waals surface area contributed by atoms with E-state index in [0.29, 0.717) is 13.1 Å². The van der Waals surface area contributed by atoms with E-state index in [-0.39, 0.29) is 30.1 Å². The van der Waals surface area contributed by atoms with E-state index < -0.39 is 29.6 Å². The first-order valence-electron chi connectivity index (χ1n) is 7.86. The van der Waals surface area contributed by atoms with Gasteiger partial charge in [-0.15, -0.1) is 0 Å². The number of carbonyl (C=O) groups is 1. The number of methoxy groups -OCH3 is 1. The Bertz CT molecular complexity index is 663. The summed E-state index contributed by atoms with van der Waals surface area (Å²) in [7, 11) is 1.26. The van der Waals surface area contributed by atoms with Crippen LogP contribution in [0.5, 0.6) is 5.75 Å². The monoisotopic (exact) mass is 376 g/mol. The van der Waals surface area contributed by atoms with E-state index in [1.165, 1.54) is 18.1 Å². The van der Waals surface area contributed by atoms with Gasteiger partial charge in [0.25, 0.3) is 11.6 Å². The maximum Gasteiger partial charge on any atom is 0.405 e. The molecule has 1 aliphatic rings. The smallest absolute Gasteiger partial charge is 0.405 e. The van der Waals surface area contributed by atoms with E-state index in [1.54, 1.807) is 0 Å². The third kappa shape index (κ3) is 4.82. The maximum atomic E-state index is 13.3. The third-order valence-electron chi connectivity index (χ3n) is 4.06. The van der Waals surface area contributed by atoms with Gasteiger partial charge >= 0.3 is 6.18 Å². The van der Waals surface area contributed by atoms with Gasteiger partial charge in [-0.3, -0.25) is 19.8 Å². The molecule has 1 unspecified atom stereocenters. The molecule has 1 aromatic rings. The fraction of sp³-hybridized carbons (Fsp3) is 0.533. The lowest BCUT2D eigenvalue weighted by molar-refractivity contribution is -0.384. The molecule has 1 atom stereocenters. The average Bonchev–Trinajstić information content (AvgIpc) is 2.60. The standard InChI is InChI=1S/C15H19F3N4O4/c1-26-12-3-2-10(22(24)25)8-11(12)14(23)20-9-13(15(16,17)18)21-6-4-19-5-7-21/h2-3,8,13,19H,4-7,9H2,1H3,(H,20,23). The van der Waals surface area contributed by atoms with Crippen LogP contribution in [0.15, 0.2) is 18.2 Å². The lowest BCUT2D eigenvalue weighted by Crippen LogP contribution is -2.57. The number of benzene rings is 1. The molecule has 0 spiro atoms. The lowest BCUT2D eigenvalue weighted by atomic mass is 10.1. The number of non-ortho nitro benzene ring substituents is 1. The van der Waals surface area contributed by atoms with Crippen LogP contribution in [0.2, 0.25) is 0 Å². The number of nitrogens with one attached hydrogen (secondary N) is 2. The van der Waals surface area contributed by atoms with Gasteiger partial charge in [-0.25, -0.2) is 0 Å². The summed E-state index contributed by atoms with van der Waals surface area (Å²) < 4.78 is 45.0.